The highest BCUT2D eigenvalue weighted by molar-refractivity contribution is 6.31. The third kappa shape index (κ3) is 2.02. The van der Waals surface area contributed by atoms with Crippen LogP contribution in [0.3, 0.4) is 0 Å². The topological polar surface area (TPSA) is 22.0 Å². The van der Waals surface area contributed by atoms with Crippen molar-refractivity contribution >= 4 is 34.4 Å². The molecule has 1 heterocycles. The van der Waals surface area contributed by atoms with E-state index in [4.69, 9.17) is 11.6 Å². The highest BCUT2D eigenvalue weighted by Crippen LogP contribution is 2.24. The summed E-state index contributed by atoms with van der Waals surface area (Å²) >= 11 is 5.94. The van der Waals surface area contributed by atoms with Gasteiger partial charge in [-0.3, -0.25) is 4.79 Å². The Labute approximate surface area is 99.1 Å². The average Bonchev–Trinajstić information content (AvgIpc) is 2.53. The first kappa shape index (κ1) is 11.0. The highest BCUT2D eigenvalue weighted by Gasteiger charge is 2.04. The predicted octanol–water partition coefficient (Wildman–Crippen LogP) is 3.43. The number of hydrogen-bond acceptors (Lipinski definition) is 1. The van der Waals surface area contributed by atoms with E-state index in [0.29, 0.717) is 0 Å². The number of fused-ring (bicyclic) bond motifs is 1. The molecule has 2 nitrogen and oxygen atoms in total. The van der Waals surface area contributed by atoms with Crippen molar-refractivity contribution in [1.29, 1.82) is 0 Å². The first-order chi connectivity index (χ1) is 7.58. The van der Waals surface area contributed by atoms with Gasteiger partial charge in [-0.1, -0.05) is 17.7 Å². The Bertz CT molecular complexity index is 581. The smallest absolute Gasteiger partial charge is 0.152 e. The summed E-state index contributed by atoms with van der Waals surface area (Å²) in [4.78, 5) is 10.9. The van der Waals surface area contributed by atoms with Crippen molar-refractivity contribution in [1.82, 2.24) is 4.57 Å². The Morgan fingerprint density at radius 2 is 2.19 bits per heavy atom. The fourth-order valence-electron chi connectivity index (χ4n) is 1.73. The molecule has 0 amide bonds. The monoisotopic (exact) mass is 233 g/mol. The van der Waals surface area contributed by atoms with Gasteiger partial charge in [0.15, 0.2) is 5.78 Å². The summed E-state index contributed by atoms with van der Waals surface area (Å²) in [5, 5.41) is 1.82. The van der Waals surface area contributed by atoms with Crippen molar-refractivity contribution in [3.8, 4) is 0 Å². The second-order valence-corrected chi connectivity index (χ2v) is 4.24. The SMILES string of the molecule is CC(=O)/C=C/c1cn(C)c2cc(Cl)ccc12. The lowest BCUT2D eigenvalue weighted by molar-refractivity contribution is -0.112. The quantitative estimate of drug-likeness (QED) is 0.729. The van der Waals surface area contributed by atoms with Crippen LogP contribution in [-0.4, -0.2) is 10.4 Å². The van der Waals surface area contributed by atoms with Crippen LogP contribution in [-0.2, 0) is 11.8 Å². The second-order valence-electron chi connectivity index (χ2n) is 3.80. The maximum atomic E-state index is 10.9. The number of allylic oxidation sites excluding steroid dienone is 1. The molecule has 0 spiro atoms. The third-order valence-electron chi connectivity index (χ3n) is 2.48. The number of nitrogens with zero attached hydrogens (tertiary/aromatic N) is 1. The van der Waals surface area contributed by atoms with Crippen molar-refractivity contribution in [2.45, 2.75) is 6.92 Å². The second kappa shape index (κ2) is 4.14. The van der Waals surface area contributed by atoms with E-state index in [2.05, 4.69) is 0 Å². The molecule has 0 atom stereocenters. The van der Waals surface area contributed by atoms with E-state index in [1.165, 1.54) is 0 Å². The lowest BCUT2D eigenvalue weighted by Crippen LogP contribution is -1.82. The van der Waals surface area contributed by atoms with Crippen LogP contribution in [0, 0.1) is 0 Å². The number of ketones is 1. The van der Waals surface area contributed by atoms with Crippen molar-refractivity contribution < 1.29 is 4.79 Å². The molecule has 1 aromatic carbocycles. The van der Waals surface area contributed by atoms with E-state index < -0.39 is 0 Å². The van der Waals surface area contributed by atoms with Gasteiger partial charge >= 0.3 is 0 Å². The van der Waals surface area contributed by atoms with Gasteiger partial charge in [0.1, 0.15) is 0 Å². The molecule has 0 radical (unpaired) electrons. The van der Waals surface area contributed by atoms with E-state index in [-0.39, 0.29) is 5.78 Å². The molecule has 16 heavy (non-hydrogen) atoms. The Kier molecular flexibility index (Phi) is 2.84. The number of benzene rings is 1. The summed E-state index contributed by atoms with van der Waals surface area (Å²) in [5.41, 5.74) is 2.10. The zero-order valence-electron chi connectivity index (χ0n) is 9.20. The molecule has 82 valence electrons. The van der Waals surface area contributed by atoms with Crippen LogP contribution in [0.2, 0.25) is 5.02 Å². The largest absolute Gasteiger partial charge is 0.350 e. The van der Waals surface area contributed by atoms with Gasteiger partial charge in [0.25, 0.3) is 0 Å². The Morgan fingerprint density at radius 3 is 2.88 bits per heavy atom. The maximum Gasteiger partial charge on any atom is 0.152 e. The van der Waals surface area contributed by atoms with Gasteiger partial charge in [0.05, 0.1) is 0 Å². The number of hydrogen-bond donors (Lipinski definition) is 0. The van der Waals surface area contributed by atoms with E-state index in [9.17, 15) is 4.79 Å². The van der Waals surface area contributed by atoms with Crippen molar-refractivity contribution in [2.75, 3.05) is 0 Å². The molecule has 0 unspecified atom stereocenters. The van der Waals surface area contributed by atoms with E-state index in [1.807, 2.05) is 42.1 Å². The first-order valence-corrected chi connectivity index (χ1v) is 5.39. The summed E-state index contributed by atoms with van der Waals surface area (Å²) in [5.74, 6) is 0.0472. The maximum absolute atomic E-state index is 10.9. The zero-order chi connectivity index (χ0) is 11.7. The number of aryl methyl sites for hydroxylation is 1. The predicted molar refractivity (Wildman–Crippen MR) is 67.6 cm³/mol. The Morgan fingerprint density at radius 1 is 1.44 bits per heavy atom. The normalized spacial score (nSPS) is 11.4. The molecule has 0 aliphatic carbocycles. The summed E-state index contributed by atoms with van der Waals surface area (Å²) in [6, 6.07) is 5.74. The van der Waals surface area contributed by atoms with Crippen LogP contribution in [0.4, 0.5) is 0 Å². The highest BCUT2D eigenvalue weighted by atomic mass is 35.5. The van der Waals surface area contributed by atoms with Crippen LogP contribution in [0.1, 0.15) is 12.5 Å². The van der Waals surface area contributed by atoms with Crippen molar-refractivity contribution in [3.63, 3.8) is 0 Å². The molecule has 0 fully saturated rings. The molecule has 0 aliphatic heterocycles. The lowest BCUT2D eigenvalue weighted by Gasteiger charge is -1.95. The van der Waals surface area contributed by atoms with Crippen LogP contribution < -0.4 is 0 Å². The summed E-state index contributed by atoms with van der Waals surface area (Å²) < 4.78 is 2.00. The number of carbonyl (C=O) groups excluding carboxylic acids is 1. The molecule has 0 N–H and O–H groups in total. The molecule has 2 rings (SSSR count). The van der Waals surface area contributed by atoms with Gasteiger partial charge in [-0.05, 0) is 31.2 Å². The third-order valence-corrected chi connectivity index (χ3v) is 2.72. The molecule has 0 bridgehead atoms. The minimum atomic E-state index is 0.0472. The fraction of sp³-hybridized carbons (Fsp3) is 0.154. The summed E-state index contributed by atoms with van der Waals surface area (Å²) in [7, 11) is 1.96. The molecular formula is C13H12ClNO. The molecule has 2 aromatic rings. The molecule has 0 saturated carbocycles. The fourth-order valence-corrected chi connectivity index (χ4v) is 1.89. The standard InChI is InChI=1S/C13H12ClNO/c1-9(16)3-4-10-8-15(2)13-7-11(14)5-6-12(10)13/h3-8H,1-2H3/b4-3+. The van der Waals surface area contributed by atoms with Gasteiger partial charge in [-0.2, -0.15) is 0 Å². The van der Waals surface area contributed by atoms with Gasteiger partial charge < -0.3 is 4.57 Å². The summed E-state index contributed by atoms with van der Waals surface area (Å²) in [6.45, 7) is 1.54. The molecule has 3 heteroatoms. The number of halogens is 1. The van der Waals surface area contributed by atoms with Gasteiger partial charge in [0.2, 0.25) is 0 Å². The number of rotatable bonds is 2. The van der Waals surface area contributed by atoms with E-state index in [1.54, 1.807) is 13.0 Å². The Hall–Kier alpha value is -1.54. The van der Waals surface area contributed by atoms with Crippen LogP contribution in [0.5, 0.6) is 0 Å². The van der Waals surface area contributed by atoms with E-state index >= 15 is 0 Å². The number of carbonyl (C=O) groups is 1. The molecule has 0 saturated heterocycles. The molecule has 1 aromatic heterocycles. The minimum absolute atomic E-state index is 0.0472. The summed E-state index contributed by atoms with van der Waals surface area (Å²) in [6.07, 6.45) is 5.39. The number of aromatic nitrogens is 1. The minimum Gasteiger partial charge on any atom is -0.350 e. The van der Waals surface area contributed by atoms with Crippen LogP contribution in [0.15, 0.2) is 30.5 Å². The first-order valence-electron chi connectivity index (χ1n) is 5.01. The average molecular weight is 234 g/mol. The van der Waals surface area contributed by atoms with E-state index in [0.717, 1.165) is 21.5 Å². The van der Waals surface area contributed by atoms with Crippen molar-refractivity contribution in [3.05, 3.63) is 41.1 Å². The lowest BCUT2D eigenvalue weighted by atomic mass is 10.1. The zero-order valence-corrected chi connectivity index (χ0v) is 9.95. The van der Waals surface area contributed by atoms with Crippen LogP contribution in [0.25, 0.3) is 17.0 Å². The molecular weight excluding hydrogens is 222 g/mol. The van der Waals surface area contributed by atoms with Crippen molar-refractivity contribution in [2.24, 2.45) is 7.05 Å². The van der Waals surface area contributed by atoms with Gasteiger partial charge in [0, 0.05) is 34.7 Å². The van der Waals surface area contributed by atoms with Gasteiger partial charge in [-0.15, -0.1) is 0 Å². The van der Waals surface area contributed by atoms with Crippen LogP contribution >= 0.6 is 11.6 Å². The molecule has 0 aliphatic rings. The Balaban J connectivity index is 2.59. The van der Waals surface area contributed by atoms with Gasteiger partial charge in [-0.25, -0.2) is 0 Å².